The van der Waals surface area contributed by atoms with Crippen molar-refractivity contribution in [3.8, 4) is 0 Å². The van der Waals surface area contributed by atoms with Crippen LogP contribution < -0.4 is 5.32 Å². The zero-order valence-corrected chi connectivity index (χ0v) is 10.6. The second kappa shape index (κ2) is 5.00. The standard InChI is InChI=1S/C13H23N3/c1-4-14-11-6-5-7-12(11)16-9-8-15-13(16)10(2)3/h8-12,14H,4-7H2,1-3H3. The molecule has 1 fully saturated rings. The average Bonchev–Trinajstić information content (AvgIpc) is 2.83. The first-order chi connectivity index (χ1) is 7.74. The Hall–Kier alpha value is -0.830. The quantitative estimate of drug-likeness (QED) is 0.847. The second-order valence-electron chi connectivity index (χ2n) is 5.01. The van der Waals surface area contributed by atoms with Crippen molar-refractivity contribution in [2.45, 2.75) is 58.0 Å². The van der Waals surface area contributed by atoms with Crippen molar-refractivity contribution in [3.63, 3.8) is 0 Å². The predicted octanol–water partition coefficient (Wildman–Crippen LogP) is 2.71. The largest absolute Gasteiger partial charge is 0.330 e. The average molecular weight is 221 g/mol. The van der Waals surface area contributed by atoms with Crippen molar-refractivity contribution in [2.75, 3.05) is 6.54 Å². The number of imidazole rings is 1. The van der Waals surface area contributed by atoms with Crippen LogP contribution in [0.15, 0.2) is 12.4 Å². The van der Waals surface area contributed by atoms with Gasteiger partial charge in [0.25, 0.3) is 0 Å². The molecular weight excluding hydrogens is 198 g/mol. The summed E-state index contributed by atoms with van der Waals surface area (Å²) in [5.74, 6) is 1.74. The molecule has 0 aromatic carbocycles. The molecule has 1 aromatic rings. The van der Waals surface area contributed by atoms with Crippen molar-refractivity contribution < 1.29 is 0 Å². The van der Waals surface area contributed by atoms with Crippen LogP contribution in [0.25, 0.3) is 0 Å². The summed E-state index contributed by atoms with van der Waals surface area (Å²) in [5.41, 5.74) is 0. The molecule has 1 heterocycles. The van der Waals surface area contributed by atoms with Gasteiger partial charge in [-0.1, -0.05) is 20.8 Å². The summed E-state index contributed by atoms with van der Waals surface area (Å²) >= 11 is 0. The van der Waals surface area contributed by atoms with Gasteiger partial charge in [-0.2, -0.15) is 0 Å². The fraction of sp³-hybridized carbons (Fsp3) is 0.769. The van der Waals surface area contributed by atoms with Crippen LogP contribution in [0.1, 0.15) is 57.8 Å². The van der Waals surface area contributed by atoms with Crippen LogP contribution in [0.2, 0.25) is 0 Å². The summed E-state index contributed by atoms with van der Waals surface area (Å²) in [6, 6.07) is 1.25. The lowest BCUT2D eigenvalue weighted by Crippen LogP contribution is -2.34. The summed E-state index contributed by atoms with van der Waals surface area (Å²) < 4.78 is 2.39. The lowest BCUT2D eigenvalue weighted by atomic mass is 10.1. The molecule has 0 saturated heterocycles. The molecule has 1 aliphatic carbocycles. The van der Waals surface area contributed by atoms with E-state index in [1.807, 2.05) is 6.20 Å². The van der Waals surface area contributed by atoms with E-state index in [0.29, 0.717) is 18.0 Å². The Bertz CT molecular complexity index is 330. The van der Waals surface area contributed by atoms with E-state index in [9.17, 15) is 0 Å². The lowest BCUT2D eigenvalue weighted by Gasteiger charge is -2.24. The minimum absolute atomic E-state index is 0.512. The molecular formula is C13H23N3. The molecule has 0 amide bonds. The fourth-order valence-corrected chi connectivity index (χ4v) is 2.83. The van der Waals surface area contributed by atoms with E-state index < -0.39 is 0 Å². The van der Waals surface area contributed by atoms with Gasteiger partial charge in [-0.05, 0) is 25.8 Å². The van der Waals surface area contributed by atoms with E-state index in [2.05, 4.69) is 41.8 Å². The highest BCUT2D eigenvalue weighted by Crippen LogP contribution is 2.32. The monoisotopic (exact) mass is 221 g/mol. The third-order valence-corrected chi connectivity index (χ3v) is 3.52. The summed E-state index contributed by atoms with van der Waals surface area (Å²) in [7, 11) is 0. The molecule has 1 aliphatic rings. The number of aromatic nitrogens is 2. The smallest absolute Gasteiger partial charge is 0.111 e. The van der Waals surface area contributed by atoms with Crippen molar-refractivity contribution in [1.82, 2.24) is 14.9 Å². The molecule has 2 unspecified atom stereocenters. The highest BCUT2D eigenvalue weighted by atomic mass is 15.1. The van der Waals surface area contributed by atoms with Gasteiger partial charge in [0, 0.05) is 24.4 Å². The molecule has 1 aromatic heterocycles. The maximum atomic E-state index is 4.49. The zero-order chi connectivity index (χ0) is 11.5. The van der Waals surface area contributed by atoms with Crippen molar-refractivity contribution in [2.24, 2.45) is 0 Å². The number of rotatable bonds is 4. The first-order valence-electron chi connectivity index (χ1n) is 6.50. The molecule has 0 spiro atoms. The van der Waals surface area contributed by atoms with Gasteiger partial charge in [0.05, 0.1) is 6.04 Å². The van der Waals surface area contributed by atoms with Crippen LogP contribution >= 0.6 is 0 Å². The Morgan fingerprint density at radius 1 is 1.50 bits per heavy atom. The zero-order valence-electron chi connectivity index (χ0n) is 10.6. The second-order valence-corrected chi connectivity index (χ2v) is 5.01. The van der Waals surface area contributed by atoms with Crippen molar-refractivity contribution in [3.05, 3.63) is 18.2 Å². The number of nitrogens with one attached hydrogen (secondary N) is 1. The molecule has 16 heavy (non-hydrogen) atoms. The SMILES string of the molecule is CCNC1CCCC1n1ccnc1C(C)C. The Kier molecular flexibility index (Phi) is 3.64. The van der Waals surface area contributed by atoms with E-state index in [4.69, 9.17) is 0 Å². The Morgan fingerprint density at radius 3 is 3.00 bits per heavy atom. The summed E-state index contributed by atoms with van der Waals surface area (Å²) in [6.45, 7) is 7.69. The molecule has 3 heteroatoms. The van der Waals surface area contributed by atoms with E-state index >= 15 is 0 Å². The first kappa shape index (κ1) is 11.6. The molecule has 3 nitrogen and oxygen atoms in total. The molecule has 0 bridgehead atoms. The van der Waals surface area contributed by atoms with Crippen LogP contribution in [-0.4, -0.2) is 22.1 Å². The van der Waals surface area contributed by atoms with Crippen molar-refractivity contribution in [1.29, 1.82) is 0 Å². The van der Waals surface area contributed by atoms with Crippen LogP contribution in [0.4, 0.5) is 0 Å². The van der Waals surface area contributed by atoms with Gasteiger partial charge in [0.15, 0.2) is 0 Å². The van der Waals surface area contributed by atoms with Crippen molar-refractivity contribution >= 4 is 0 Å². The Labute approximate surface area is 98.3 Å². The maximum absolute atomic E-state index is 4.49. The van der Waals surface area contributed by atoms with E-state index in [-0.39, 0.29) is 0 Å². The molecule has 90 valence electrons. The predicted molar refractivity (Wildman–Crippen MR) is 66.7 cm³/mol. The number of nitrogens with zero attached hydrogens (tertiary/aromatic N) is 2. The Balaban J connectivity index is 2.19. The summed E-state index contributed by atoms with van der Waals surface area (Å²) in [4.78, 5) is 4.49. The molecule has 2 rings (SSSR count). The normalized spacial score (nSPS) is 25.5. The first-order valence-corrected chi connectivity index (χ1v) is 6.50. The molecule has 1 saturated carbocycles. The number of likely N-dealkylation sites (N-methyl/N-ethyl adjacent to an activating group) is 1. The molecule has 2 atom stereocenters. The van der Waals surface area contributed by atoms with Gasteiger partial charge in [-0.15, -0.1) is 0 Å². The van der Waals surface area contributed by atoms with Gasteiger partial charge in [-0.3, -0.25) is 0 Å². The topological polar surface area (TPSA) is 29.9 Å². The van der Waals surface area contributed by atoms with Gasteiger partial charge in [0.1, 0.15) is 5.82 Å². The van der Waals surface area contributed by atoms with Gasteiger partial charge in [0.2, 0.25) is 0 Å². The van der Waals surface area contributed by atoms with Gasteiger partial charge < -0.3 is 9.88 Å². The minimum Gasteiger partial charge on any atom is -0.330 e. The molecule has 0 aliphatic heterocycles. The third-order valence-electron chi connectivity index (χ3n) is 3.52. The maximum Gasteiger partial charge on any atom is 0.111 e. The summed E-state index contributed by atoms with van der Waals surface area (Å²) in [5, 5.41) is 3.60. The minimum atomic E-state index is 0.512. The molecule has 1 N–H and O–H groups in total. The van der Waals surface area contributed by atoms with Crippen LogP contribution in [-0.2, 0) is 0 Å². The van der Waals surface area contributed by atoms with E-state index in [1.54, 1.807) is 0 Å². The lowest BCUT2D eigenvalue weighted by molar-refractivity contribution is 0.386. The van der Waals surface area contributed by atoms with Gasteiger partial charge in [-0.25, -0.2) is 4.98 Å². The fourth-order valence-electron chi connectivity index (χ4n) is 2.83. The summed E-state index contributed by atoms with van der Waals surface area (Å²) in [6.07, 6.45) is 8.01. The molecule has 0 radical (unpaired) electrons. The van der Waals surface area contributed by atoms with Crippen LogP contribution in [0.5, 0.6) is 0 Å². The van der Waals surface area contributed by atoms with Crippen LogP contribution in [0.3, 0.4) is 0 Å². The van der Waals surface area contributed by atoms with E-state index in [1.165, 1.54) is 25.1 Å². The number of hydrogen-bond donors (Lipinski definition) is 1. The Morgan fingerprint density at radius 2 is 2.31 bits per heavy atom. The number of hydrogen-bond acceptors (Lipinski definition) is 2. The van der Waals surface area contributed by atoms with Crippen LogP contribution in [0, 0.1) is 0 Å². The highest BCUT2D eigenvalue weighted by molar-refractivity contribution is 5.03. The highest BCUT2D eigenvalue weighted by Gasteiger charge is 2.29. The van der Waals surface area contributed by atoms with E-state index in [0.717, 1.165) is 6.54 Å². The third kappa shape index (κ3) is 2.14. The van der Waals surface area contributed by atoms with Gasteiger partial charge >= 0.3 is 0 Å².